The molecule has 0 saturated heterocycles. The molecule has 1 unspecified atom stereocenters. The second-order valence-corrected chi connectivity index (χ2v) is 9.94. The Morgan fingerprint density at radius 1 is 0.878 bits per heavy atom. The molecule has 0 saturated carbocycles. The number of amides is 1. The van der Waals surface area contributed by atoms with E-state index in [9.17, 15) is 9.59 Å². The molecule has 0 N–H and O–H groups in total. The van der Waals surface area contributed by atoms with Crippen LogP contribution in [-0.4, -0.2) is 19.6 Å². The van der Waals surface area contributed by atoms with Crippen LogP contribution in [0.3, 0.4) is 0 Å². The van der Waals surface area contributed by atoms with Gasteiger partial charge in [0, 0.05) is 16.8 Å². The molecule has 0 fully saturated rings. The summed E-state index contributed by atoms with van der Waals surface area (Å²) in [7, 11) is 1.56. The summed E-state index contributed by atoms with van der Waals surface area (Å²) in [6.07, 6.45) is 0. The molecule has 2 heterocycles. The highest BCUT2D eigenvalue weighted by Gasteiger charge is 2.44. The fourth-order valence-electron chi connectivity index (χ4n) is 5.10. The van der Waals surface area contributed by atoms with Crippen molar-refractivity contribution in [2.24, 2.45) is 0 Å². The number of hydrogen-bond acceptors (Lipinski definition) is 6. The molecule has 1 aromatic heterocycles. The van der Waals surface area contributed by atoms with Crippen molar-refractivity contribution in [2.75, 3.05) is 18.6 Å². The standard InChI is InChI=1S/C33H26ClNO6/c1-3-39-28-16-21(12-14-27(28)40-19-20-8-5-4-6-9-20)30-29-31(36)25-17-22(34)13-15-26(25)41-32(29)33(37)35(30)23-10-7-11-24(18-23)38-2/h4-18,30H,3,19H2,1-2H3. The summed E-state index contributed by atoms with van der Waals surface area (Å²) < 4.78 is 23.6. The van der Waals surface area contributed by atoms with Gasteiger partial charge in [-0.3, -0.25) is 14.5 Å². The highest BCUT2D eigenvalue weighted by Crippen LogP contribution is 2.44. The van der Waals surface area contributed by atoms with E-state index >= 15 is 0 Å². The van der Waals surface area contributed by atoms with E-state index in [-0.39, 0.29) is 22.3 Å². The molecule has 0 radical (unpaired) electrons. The van der Waals surface area contributed by atoms with Gasteiger partial charge in [-0.05, 0) is 60.5 Å². The lowest BCUT2D eigenvalue weighted by Gasteiger charge is -2.26. The maximum Gasteiger partial charge on any atom is 0.295 e. The van der Waals surface area contributed by atoms with Crippen LogP contribution in [-0.2, 0) is 6.61 Å². The highest BCUT2D eigenvalue weighted by molar-refractivity contribution is 6.31. The first kappa shape index (κ1) is 26.5. The Kier molecular flexibility index (Phi) is 7.12. The van der Waals surface area contributed by atoms with Crippen LogP contribution in [0.2, 0.25) is 5.02 Å². The predicted molar refractivity (Wildman–Crippen MR) is 158 cm³/mol. The number of ether oxygens (including phenoxy) is 3. The van der Waals surface area contributed by atoms with Gasteiger partial charge in [0.05, 0.1) is 30.7 Å². The molecule has 7 nitrogen and oxygen atoms in total. The molecular formula is C33H26ClNO6. The van der Waals surface area contributed by atoms with E-state index in [1.54, 1.807) is 60.5 Å². The zero-order valence-electron chi connectivity index (χ0n) is 22.4. The van der Waals surface area contributed by atoms with E-state index in [1.807, 2.05) is 49.4 Å². The van der Waals surface area contributed by atoms with E-state index in [0.717, 1.165) is 5.56 Å². The van der Waals surface area contributed by atoms with Crippen molar-refractivity contribution in [1.82, 2.24) is 0 Å². The van der Waals surface area contributed by atoms with Gasteiger partial charge in [-0.2, -0.15) is 0 Å². The van der Waals surface area contributed by atoms with Crippen molar-refractivity contribution >= 4 is 34.2 Å². The van der Waals surface area contributed by atoms with Gasteiger partial charge in [0.25, 0.3) is 5.91 Å². The second-order valence-electron chi connectivity index (χ2n) is 9.51. The SMILES string of the molecule is CCOc1cc(C2c3c(oc4ccc(Cl)cc4c3=O)C(=O)N2c2cccc(OC)c2)ccc1OCc1ccccc1. The summed E-state index contributed by atoms with van der Waals surface area (Å²) in [5, 5.41) is 0.697. The Balaban J connectivity index is 1.51. The second kappa shape index (κ2) is 11.0. The Morgan fingerprint density at radius 2 is 1.71 bits per heavy atom. The number of carbonyl (C=O) groups is 1. The molecule has 1 atom stereocenters. The summed E-state index contributed by atoms with van der Waals surface area (Å²) >= 11 is 6.23. The lowest BCUT2D eigenvalue weighted by molar-refractivity contribution is 0.0971. The Bertz CT molecular complexity index is 1820. The first-order chi connectivity index (χ1) is 20.0. The summed E-state index contributed by atoms with van der Waals surface area (Å²) in [6, 6.07) is 26.4. The first-order valence-corrected chi connectivity index (χ1v) is 13.5. The minimum Gasteiger partial charge on any atom is -0.497 e. The van der Waals surface area contributed by atoms with E-state index in [1.165, 1.54) is 0 Å². The van der Waals surface area contributed by atoms with Crippen molar-refractivity contribution in [3.05, 3.63) is 129 Å². The summed E-state index contributed by atoms with van der Waals surface area (Å²) in [5.41, 5.74) is 2.42. The van der Waals surface area contributed by atoms with Gasteiger partial charge in [-0.1, -0.05) is 54.1 Å². The number of nitrogens with zero attached hydrogens (tertiary/aromatic N) is 1. The zero-order valence-corrected chi connectivity index (χ0v) is 23.2. The number of carbonyl (C=O) groups excluding carboxylic acids is 1. The van der Waals surface area contributed by atoms with Crippen LogP contribution in [0.1, 0.15) is 40.2 Å². The van der Waals surface area contributed by atoms with Crippen molar-refractivity contribution < 1.29 is 23.4 Å². The first-order valence-electron chi connectivity index (χ1n) is 13.2. The number of rotatable bonds is 8. The fourth-order valence-corrected chi connectivity index (χ4v) is 5.28. The van der Waals surface area contributed by atoms with Gasteiger partial charge in [-0.25, -0.2) is 0 Å². The molecule has 8 heteroatoms. The van der Waals surface area contributed by atoms with Gasteiger partial charge < -0.3 is 18.6 Å². The molecular weight excluding hydrogens is 542 g/mol. The lowest BCUT2D eigenvalue weighted by atomic mass is 9.97. The number of fused-ring (bicyclic) bond motifs is 2. The molecule has 1 aliphatic heterocycles. The number of halogens is 1. The molecule has 0 aliphatic carbocycles. The minimum absolute atomic E-state index is 0.0139. The largest absolute Gasteiger partial charge is 0.497 e. The molecule has 206 valence electrons. The maximum absolute atomic E-state index is 14.0. The monoisotopic (exact) mass is 567 g/mol. The summed E-state index contributed by atoms with van der Waals surface area (Å²) in [6.45, 7) is 2.64. The lowest BCUT2D eigenvalue weighted by Crippen LogP contribution is -2.29. The van der Waals surface area contributed by atoms with Crippen molar-refractivity contribution in [2.45, 2.75) is 19.6 Å². The number of hydrogen-bond donors (Lipinski definition) is 0. The van der Waals surface area contributed by atoms with E-state index in [2.05, 4.69) is 0 Å². The third-order valence-electron chi connectivity index (χ3n) is 6.98. The van der Waals surface area contributed by atoms with E-state index in [0.29, 0.717) is 52.1 Å². The molecule has 4 aromatic carbocycles. The van der Waals surface area contributed by atoms with Gasteiger partial charge in [-0.15, -0.1) is 0 Å². The van der Waals surface area contributed by atoms with Crippen molar-refractivity contribution in [3.63, 3.8) is 0 Å². The van der Waals surface area contributed by atoms with E-state index < -0.39 is 11.9 Å². The van der Waals surface area contributed by atoms with Crippen LogP contribution in [0.25, 0.3) is 11.0 Å². The summed E-state index contributed by atoms with van der Waals surface area (Å²) in [4.78, 5) is 29.5. The molecule has 6 rings (SSSR count). The molecule has 41 heavy (non-hydrogen) atoms. The molecule has 5 aromatic rings. The third-order valence-corrected chi connectivity index (χ3v) is 7.22. The smallest absolute Gasteiger partial charge is 0.295 e. The number of anilines is 1. The third kappa shape index (κ3) is 4.89. The van der Waals surface area contributed by atoms with Gasteiger partial charge in [0.1, 0.15) is 17.9 Å². The molecule has 0 spiro atoms. The van der Waals surface area contributed by atoms with E-state index in [4.69, 9.17) is 30.2 Å². The minimum atomic E-state index is -0.799. The summed E-state index contributed by atoms with van der Waals surface area (Å²) in [5.74, 6) is 1.17. The number of methoxy groups -OCH3 is 1. The molecule has 1 amide bonds. The van der Waals surface area contributed by atoms with Crippen LogP contribution in [0, 0.1) is 0 Å². The average molecular weight is 568 g/mol. The average Bonchev–Trinajstić information content (AvgIpc) is 3.29. The van der Waals surface area contributed by atoms with Gasteiger partial charge in [0.2, 0.25) is 5.76 Å². The van der Waals surface area contributed by atoms with Crippen LogP contribution >= 0.6 is 11.6 Å². The van der Waals surface area contributed by atoms with Gasteiger partial charge >= 0.3 is 0 Å². The quantitative estimate of drug-likeness (QED) is 0.198. The van der Waals surface area contributed by atoms with Crippen LogP contribution in [0.5, 0.6) is 17.2 Å². The normalized spacial score (nSPS) is 14.3. The molecule has 1 aliphatic rings. The van der Waals surface area contributed by atoms with Crippen molar-refractivity contribution in [1.29, 1.82) is 0 Å². The highest BCUT2D eigenvalue weighted by atomic mass is 35.5. The van der Waals surface area contributed by atoms with Gasteiger partial charge in [0.15, 0.2) is 16.9 Å². The zero-order chi connectivity index (χ0) is 28.5. The van der Waals surface area contributed by atoms with Crippen LogP contribution < -0.4 is 24.5 Å². The molecule has 0 bridgehead atoms. The Labute approximate surface area is 241 Å². The predicted octanol–water partition coefficient (Wildman–Crippen LogP) is 7.18. The van der Waals surface area contributed by atoms with Crippen molar-refractivity contribution in [3.8, 4) is 17.2 Å². The fraction of sp³-hybridized carbons (Fsp3) is 0.152. The Hall–Kier alpha value is -4.75. The van der Waals surface area contributed by atoms with Crippen LogP contribution in [0.4, 0.5) is 5.69 Å². The van der Waals surface area contributed by atoms with Crippen LogP contribution in [0.15, 0.2) is 100 Å². The number of benzene rings is 4. The maximum atomic E-state index is 14.0. The Morgan fingerprint density at radius 3 is 2.49 bits per heavy atom. The topological polar surface area (TPSA) is 78.2 Å².